The molecule has 1 aliphatic heterocycles. The molecule has 1 amide bonds. The predicted octanol–water partition coefficient (Wildman–Crippen LogP) is 5.26. The van der Waals surface area contributed by atoms with Gasteiger partial charge in [0.05, 0.1) is 12.2 Å². The maximum atomic E-state index is 15.2. The van der Waals surface area contributed by atoms with E-state index >= 15 is 4.39 Å². The number of tetrazole rings is 1. The lowest BCUT2D eigenvalue weighted by atomic mass is 9.76. The van der Waals surface area contributed by atoms with E-state index in [0.717, 1.165) is 17.7 Å². The molecule has 1 aromatic heterocycles. The molecule has 0 spiro atoms. The number of aryl methyl sites for hydroxylation is 1. The standard InChI is InChI=1S/C24H20F7N5O2/c1-13-3-5-14(6-4-13)16-12-22(24(29,30)31,32-21(37)19(16)20-33-35-36-34-20)17-8-7-15(11-18(17)25)38-10-2-9-23(26,27)28/h3-8,11H,2,9-10,12H2,1H3,(H,32,37)(H,33,34,35,36)/t22-/m0/s1. The number of rotatable bonds is 7. The molecule has 2 N–H and O–H groups in total. The number of hydrogen-bond donors (Lipinski definition) is 2. The van der Waals surface area contributed by atoms with Crippen LogP contribution in [0.3, 0.4) is 0 Å². The lowest BCUT2D eigenvalue weighted by molar-refractivity contribution is -0.202. The van der Waals surface area contributed by atoms with Gasteiger partial charge in [0, 0.05) is 24.5 Å². The second-order valence-electron chi connectivity index (χ2n) is 8.70. The van der Waals surface area contributed by atoms with Gasteiger partial charge in [0.1, 0.15) is 11.6 Å². The van der Waals surface area contributed by atoms with Crippen molar-refractivity contribution in [1.82, 2.24) is 25.9 Å². The van der Waals surface area contributed by atoms with Crippen LogP contribution < -0.4 is 10.1 Å². The van der Waals surface area contributed by atoms with E-state index in [1.807, 2.05) is 5.32 Å². The molecule has 0 bridgehead atoms. The number of nitrogens with one attached hydrogen (secondary N) is 2. The van der Waals surface area contributed by atoms with E-state index in [-0.39, 0.29) is 28.3 Å². The van der Waals surface area contributed by atoms with Crippen LogP contribution in [0, 0.1) is 12.7 Å². The van der Waals surface area contributed by atoms with Crippen molar-refractivity contribution in [2.45, 2.75) is 44.1 Å². The Hall–Kier alpha value is -3.97. The number of nitrogens with zero attached hydrogens (tertiary/aromatic N) is 3. The Labute approximate surface area is 211 Å². The van der Waals surface area contributed by atoms with Crippen molar-refractivity contribution in [2.24, 2.45) is 0 Å². The number of carbonyl (C=O) groups is 1. The SMILES string of the molecule is Cc1ccc(C2=C(c3nn[nH]n3)C(=O)N[C@@](c3ccc(OCCCC(F)(F)F)cc3F)(C(F)(F)F)C2)cc1. The Balaban J connectivity index is 1.76. The summed E-state index contributed by atoms with van der Waals surface area (Å²) in [4.78, 5) is 13.2. The first-order valence-electron chi connectivity index (χ1n) is 11.2. The second kappa shape index (κ2) is 10.1. The van der Waals surface area contributed by atoms with Gasteiger partial charge in [-0.25, -0.2) is 4.39 Å². The fraction of sp³-hybridized carbons (Fsp3) is 0.333. The van der Waals surface area contributed by atoms with Crippen LogP contribution in [-0.2, 0) is 10.3 Å². The number of aromatic amines is 1. The first-order valence-corrected chi connectivity index (χ1v) is 11.2. The highest BCUT2D eigenvalue weighted by atomic mass is 19.4. The summed E-state index contributed by atoms with van der Waals surface area (Å²) >= 11 is 0. The van der Waals surface area contributed by atoms with E-state index < -0.39 is 61.0 Å². The van der Waals surface area contributed by atoms with Crippen molar-refractivity contribution in [1.29, 1.82) is 0 Å². The molecule has 38 heavy (non-hydrogen) atoms. The highest BCUT2D eigenvalue weighted by Crippen LogP contribution is 2.50. The molecular weight excluding hydrogens is 523 g/mol. The summed E-state index contributed by atoms with van der Waals surface area (Å²) in [5, 5.41) is 14.9. The van der Waals surface area contributed by atoms with Gasteiger partial charge in [-0.15, -0.1) is 10.2 Å². The Morgan fingerprint density at radius 2 is 1.76 bits per heavy atom. The zero-order valence-electron chi connectivity index (χ0n) is 19.7. The molecule has 0 radical (unpaired) electrons. The molecular formula is C24H20F7N5O2. The lowest BCUT2D eigenvalue weighted by Crippen LogP contribution is -2.59. The highest BCUT2D eigenvalue weighted by molar-refractivity contribution is 6.27. The first-order chi connectivity index (χ1) is 17.8. The van der Waals surface area contributed by atoms with Gasteiger partial charge < -0.3 is 10.1 Å². The van der Waals surface area contributed by atoms with Gasteiger partial charge in [-0.1, -0.05) is 29.8 Å². The van der Waals surface area contributed by atoms with Crippen molar-refractivity contribution >= 4 is 17.1 Å². The highest BCUT2D eigenvalue weighted by Gasteiger charge is 2.61. The average Bonchev–Trinajstić information content (AvgIpc) is 3.35. The normalized spacial score (nSPS) is 18.5. The molecule has 1 aliphatic rings. The molecule has 3 aromatic rings. The maximum absolute atomic E-state index is 15.2. The number of halogens is 7. The number of carbonyl (C=O) groups excluding carboxylic acids is 1. The fourth-order valence-corrected chi connectivity index (χ4v) is 4.18. The van der Waals surface area contributed by atoms with Crippen molar-refractivity contribution in [3.05, 3.63) is 70.8 Å². The lowest BCUT2D eigenvalue weighted by Gasteiger charge is -2.41. The van der Waals surface area contributed by atoms with Crippen LogP contribution in [-0.4, -0.2) is 45.5 Å². The third-order valence-corrected chi connectivity index (χ3v) is 6.02. The monoisotopic (exact) mass is 543 g/mol. The molecule has 0 saturated heterocycles. The topological polar surface area (TPSA) is 92.8 Å². The Bertz CT molecular complexity index is 1340. The van der Waals surface area contributed by atoms with E-state index in [9.17, 15) is 31.1 Å². The summed E-state index contributed by atoms with van der Waals surface area (Å²) in [6.07, 6.45) is -12.0. The van der Waals surface area contributed by atoms with Crippen LogP contribution in [0.5, 0.6) is 5.75 Å². The zero-order valence-corrected chi connectivity index (χ0v) is 19.7. The molecule has 0 aliphatic carbocycles. The molecule has 0 fully saturated rings. The number of benzene rings is 2. The molecule has 7 nitrogen and oxygen atoms in total. The van der Waals surface area contributed by atoms with Gasteiger partial charge in [-0.3, -0.25) is 4.79 Å². The molecule has 202 valence electrons. The van der Waals surface area contributed by atoms with Gasteiger partial charge >= 0.3 is 12.4 Å². The van der Waals surface area contributed by atoms with Gasteiger partial charge in [0.25, 0.3) is 5.91 Å². The first kappa shape index (κ1) is 27.1. The summed E-state index contributed by atoms with van der Waals surface area (Å²) in [5.41, 5.74) is -3.33. The second-order valence-corrected chi connectivity index (χ2v) is 8.70. The number of hydrogen-bond acceptors (Lipinski definition) is 5. The predicted molar refractivity (Wildman–Crippen MR) is 120 cm³/mol. The number of aromatic nitrogens is 4. The Morgan fingerprint density at radius 3 is 2.34 bits per heavy atom. The average molecular weight is 543 g/mol. The van der Waals surface area contributed by atoms with Crippen molar-refractivity contribution in [2.75, 3.05) is 6.61 Å². The minimum absolute atomic E-state index is 0.0839. The number of H-pyrrole nitrogens is 1. The summed E-state index contributed by atoms with van der Waals surface area (Å²) in [6, 6.07) is 8.79. The van der Waals surface area contributed by atoms with E-state index in [1.54, 1.807) is 19.1 Å². The minimum Gasteiger partial charge on any atom is -0.493 e. The molecule has 2 heterocycles. The molecule has 0 saturated carbocycles. The van der Waals surface area contributed by atoms with Crippen molar-refractivity contribution < 1.29 is 40.3 Å². The number of alkyl halides is 6. The molecule has 1 atom stereocenters. The summed E-state index contributed by atoms with van der Waals surface area (Å²) in [7, 11) is 0. The van der Waals surface area contributed by atoms with Crippen LogP contribution in [0.4, 0.5) is 30.7 Å². The quantitative estimate of drug-likeness (QED) is 0.314. The molecule has 4 rings (SSSR count). The van der Waals surface area contributed by atoms with Gasteiger partial charge in [-0.2, -0.15) is 31.6 Å². The van der Waals surface area contributed by atoms with Gasteiger partial charge in [-0.05, 0) is 41.8 Å². The van der Waals surface area contributed by atoms with E-state index in [2.05, 4.69) is 20.6 Å². The van der Waals surface area contributed by atoms with E-state index in [1.165, 1.54) is 12.1 Å². The molecule has 14 heteroatoms. The van der Waals surface area contributed by atoms with Crippen molar-refractivity contribution in [3.8, 4) is 5.75 Å². The Morgan fingerprint density at radius 1 is 1.05 bits per heavy atom. The largest absolute Gasteiger partial charge is 0.493 e. The van der Waals surface area contributed by atoms with E-state index in [0.29, 0.717) is 6.07 Å². The minimum atomic E-state index is -5.17. The van der Waals surface area contributed by atoms with Gasteiger partial charge in [0.2, 0.25) is 5.82 Å². The molecule has 2 aromatic carbocycles. The third kappa shape index (κ3) is 5.48. The smallest absolute Gasteiger partial charge is 0.416 e. The zero-order chi connectivity index (χ0) is 27.7. The fourth-order valence-electron chi connectivity index (χ4n) is 4.18. The van der Waals surface area contributed by atoms with Crippen LogP contribution >= 0.6 is 0 Å². The third-order valence-electron chi connectivity index (χ3n) is 6.02. The van der Waals surface area contributed by atoms with Crippen LogP contribution in [0.2, 0.25) is 0 Å². The van der Waals surface area contributed by atoms with Crippen LogP contribution in [0.15, 0.2) is 42.5 Å². The van der Waals surface area contributed by atoms with Gasteiger partial charge in [0.15, 0.2) is 5.54 Å². The summed E-state index contributed by atoms with van der Waals surface area (Å²) in [5.74, 6) is -3.05. The maximum Gasteiger partial charge on any atom is 0.416 e. The number of ether oxygens (including phenoxy) is 1. The van der Waals surface area contributed by atoms with Crippen molar-refractivity contribution in [3.63, 3.8) is 0 Å². The van der Waals surface area contributed by atoms with E-state index in [4.69, 9.17) is 4.74 Å². The summed E-state index contributed by atoms with van der Waals surface area (Å²) < 4.78 is 101. The Kier molecular flexibility index (Phi) is 7.17. The van der Waals surface area contributed by atoms with Crippen LogP contribution in [0.25, 0.3) is 11.1 Å². The molecule has 0 unspecified atom stereocenters. The summed E-state index contributed by atoms with van der Waals surface area (Å²) in [6.45, 7) is 1.35. The van der Waals surface area contributed by atoms with Crippen LogP contribution in [0.1, 0.15) is 41.8 Å². The number of amides is 1.